The lowest BCUT2D eigenvalue weighted by Gasteiger charge is -2.25. The van der Waals surface area contributed by atoms with Gasteiger partial charge in [-0.2, -0.15) is 0 Å². The van der Waals surface area contributed by atoms with E-state index in [1.807, 2.05) is 30.3 Å². The fourth-order valence-electron chi connectivity index (χ4n) is 5.18. The van der Waals surface area contributed by atoms with Gasteiger partial charge in [0.15, 0.2) is 0 Å². The highest BCUT2D eigenvalue weighted by atomic mass is 31.1. The summed E-state index contributed by atoms with van der Waals surface area (Å²) in [5.74, 6) is 0. The Morgan fingerprint density at radius 2 is 1.10 bits per heavy atom. The van der Waals surface area contributed by atoms with Crippen LogP contribution in [0.15, 0.2) is 91.0 Å². The van der Waals surface area contributed by atoms with Crippen LogP contribution >= 0.6 is 8.58 Å². The van der Waals surface area contributed by atoms with Crippen molar-refractivity contribution >= 4 is 8.58 Å². The average molecular weight is 563 g/mol. The summed E-state index contributed by atoms with van der Waals surface area (Å²) in [6, 6.07) is 31.1. The van der Waals surface area contributed by atoms with Crippen LogP contribution in [0.4, 0.5) is 0 Å². The van der Waals surface area contributed by atoms with Crippen molar-refractivity contribution in [2.45, 2.75) is 89.7 Å². The van der Waals surface area contributed by atoms with Crippen molar-refractivity contribution in [2.24, 2.45) is 0 Å². The van der Waals surface area contributed by atoms with Crippen LogP contribution in [0.25, 0.3) is 0 Å². The van der Waals surface area contributed by atoms with E-state index < -0.39 is 0 Å². The van der Waals surface area contributed by atoms with Gasteiger partial charge in [-0.1, -0.05) is 130 Å². The van der Waals surface area contributed by atoms with Crippen LogP contribution in [0.5, 0.6) is 0 Å². The molecule has 0 spiro atoms. The molecule has 0 aromatic heterocycles. The molecule has 1 aliphatic rings. The van der Waals surface area contributed by atoms with Gasteiger partial charge in [0.25, 0.3) is 0 Å². The highest BCUT2D eigenvalue weighted by Crippen LogP contribution is 2.33. The summed E-state index contributed by atoms with van der Waals surface area (Å²) in [5.41, 5.74) is 3.49. The van der Waals surface area contributed by atoms with E-state index in [1.165, 1.54) is 50.3 Å². The summed E-state index contributed by atoms with van der Waals surface area (Å²) in [6.07, 6.45) is 9.82. The van der Waals surface area contributed by atoms with Gasteiger partial charge >= 0.3 is 0 Å². The number of benzene rings is 3. The molecule has 1 fully saturated rings. The van der Waals surface area contributed by atoms with Crippen LogP contribution in [-0.2, 0) is 38.8 Å². The van der Waals surface area contributed by atoms with E-state index in [0.29, 0.717) is 26.4 Å². The molecule has 1 saturated heterocycles. The molecule has 3 aromatic rings. The van der Waals surface area contributed by atoms with E-state index in [2.05, 4.69) is 67.6 Å². The highest BCUT2D eigenvalue weighted by Gasteiger charge is 2.46. The average Bonchev–Trinajstić information content (AvgIpc) is 3.33. The summed E-state index contributed by atoms with van der Waals surface area (Å²) in [5, 5.41) is 0. The molecule has 4 rings (SSSR count). The van der Waals surface area contributed by atoms with Gasteiger partial charge in [-0.05, 0) is 35.4 Å². The summed E-state index contributed by atoms with van der Waals surface area (Å²) >= 11 is 0. The van der Waals surface area contributed by atoms with E-state index in [9.17, 15) is 0 Å². The molecule has 1 unspecified atom stereocenters. The summed E-state index contributed by atoms with van der Waals surface area (Å²) in [6.45, 7) is 4.40. The first-order valence-corrected chi connectivity index (χ1v) is 16.5. The standard InChI is InChI=1S/C35H47O4P/c1-2-3-4-5-6-16-23-40-28-33-35(38-26-31-21-14-9-15-22-31)34(37-25-30-19-12-8-13-20-30)32(39-33)27-36-24-29-17-10-7-11-18-29/h7-15,17-22,32-35,40H,2-6,16,23-28H2,1H3/t32-,33+,34-,35-/m1/s1. The zero-order valence-electron chi connectivity index (χ0n) is 24.1. The maximum absolute atomic E-state index is 6.69. The van der Waals surface area contributed by atoms with E-state index in [4.69, 9.17) is 18.9 Å². The molecule has 4 nitrogen and oxygen atoms in total. The molecule has 0 saturated carbocycles. The predicted octanol–water partition coefficient (Wildman–Crippen LogP) is 8.18. The summed E-state index contributed by atoms with van der Waals surface area (Å²) in [7, 11) is 0.868. The number of unbranched alkanes of at least 4 members (excludes halogenated alkanes) is 5. The van der Waals surface area contributed by atoms with Gasteiger partial charge in [0.2, 0.25) is 0 Å². The van der Waals surface area contributed by atoms with Crippen molar-refractivity contribution in [3.63, 3.8) is 0 Å². The van der Waals surface area contributed by atoms with E-state index in [-0.39, 0.29) is 24.4 Å². The lowest BCUT2D eigenvalue weighted by Crippen LogP contribution is -2.39. The molecule has 0 N–H and O–H groups in total. The second kappa shape index (κ2) is 18.4. The van der Waals surface area contributed by atoms with Crippen molar-refractivity contribution in [2.75, 3.05) is 18.9 Å². The van der Waals surface area contributed by atoms with Gasteiger partial charge in [0, 0.05) is 0 Å². The van der Waals surface area contributed by atoms with Crippen molar-refractivity contribution in [1.29, 1.82) is 0 Å². The minimum atomic E-state index is -0.191. The third kappa shape index (κ3) is 10.7. The summed E-state index contributed by atoms with van der Waals surface area (Å²) < 4.78 is 26.1. The Kier molecular flexibility index (Phi) is 14.2. The minimum Gasteiger partial charge on any atom is -0.374 e. The Bertz CT molecular complexity index is 1030. The fourth-order valence-corrected chi connectivity index (χ4v) is 6.50. The Balaban J connectivity index is 1.39. The number of hydrogen-bond donors (Lipinski definition) is 0. The normalized spacial score (nSPS) is 20.9. The zero-order valence-corrected chi connectivity index (χ0v) is 25.1. The minimum absolute atomic E-state index is 0.00763. The first kappa shape index (κ1) is 30.9. The molecule has 0 amide bonds. The molecule has 0 radical (unpaired) electrons. The van der Waals surface area contributed by atoms with Gasteiger partial charge in [0.05, 0.1) is 32.5 Å². The van der Waals surface area contributed by atoms with Crippen LogP contribution in [0.2, 0.25) is 0 Å². The van der Waals surface area contributed by atoms with Gasteiger partial charge < -0.3 is 18.9 Å². The van der Waals surface area contributed by atoms with Crippen molar-refractivity contribution in [1.82, 2.24) is 0 Å². The van der Waals surface area contributed by atoms with Crippen molar-refractivity contribution in [3.05, 3.63) is 108 Å². The lowest BCUT2D eigenvalue weighted by molar-refractivity contribution is -0.0897. The smallest absolute Gasteiger partial charge is 0.115 e. The molecule has 1 aliphatic heterocycles. The van der Waals surface area contributed by atoms with E-state index in [0.717, 1.165) is 25.9 Å². The molecule has 1 heterocycles. The van der Waals surface area contributed by atoms with Gasteiger partial charge in [-0.3, -0.25) is 0 Å². The second-order valence-electron chi connectivity index (χ2n) is 10.7. The number of hydrogen-bond acceptors (Lipinski definition) is 4. The number of ether oxygens (including phenoxy) is 4. The maximum Gasteiger partial charge on any atom is 0.115 e. The van der Waals surface area contributed by atoms with Crippen molar-refractivity contribution < 1.29 is 18.9 Å². The first-order valence-electron chi connectivity index (χ1n) is 15.1. The highest BCUT2D eigenvalue weighted by molar-refractivity contribution is 7.38. The Morgan fingerprint density at radius 3 is 1.68 bits per heavy atom. The van der Waals surface area contributed by atoms with Crippen LogP contribution in [0.3, 0.4) is 0 Å². The maximum atomic E-state index is 6.69. The Morgan fingerprint density at radius 1 is 0.600 bits per heavy atom. The summed E-state index contributed by atoms with van der Waals surface area (Å²) in [4.78, 5) is 0. The Labute approximate surface area is 243 Å². The zero-order chi connectivity index (χ0) is 27.7. The third-order valence-corrected chi connectivity index (χ3v) is 8.82. The lowest BCUT2D eigenvalue weighted by atomic mass is 10.1. The predicted molar refractivity (Wildman–Crippen MR) is 166 cm³/mol. The molecule has 216 valence electrons. The first-order chi connectivity index (χ1) is 19.8. The molecule has 0 bridgehead atoms. The van der Waals surface area contributed by atoms with Gasteiger partial charge in [-0.25, -0.2) is 0 Å². The van der Waals surface area contributed by atoms with Gasteiger partial charge in [0.1, 0.15) is 18.3 Å². The largest absolute Gasteiger partial charge is 0.374 e. The molecule has 5 heteroatoms. The quantitative estimate of drug-likeness (QED) is 0.109. The SMILES string of the molecule is CCCCCCCCPC[C@@H]1O[C@H](COCc2ccccc2)[C@@H](OCc2ccccc2)[C@@H]1OCc1ccccc1. The molecular weight excluding hydrogens is 515 g/mol. The third-order valence-electron chi connectivity index (χ3n) is 7.42. The van der Waals surface area contributed by atoms with Crippen LogP contribution < -0.4 is 0 Å². The second-order valence-corrected chi connectivity index (χ2v) is 12.1. The molecular formula is C35H47O4P. The van der Waals surface area contributed by atoms with Crippen LogP contribution in [0.1, 0.15) is 62.1 Å². The van der Waals surface area contributed by atoms with E-state index >= 15 is 0 Å². The van der Waals surface area contributed by atoms with E-state index in [1.54, 1.807) is 0 Å². The molecule has 5 atom stereocenters. The molecule has 40 heavy (non-hydrogen) atoms. The Hall–Kier alpha value is -2.07. The topological polar surface area (TPSA) is 36.9 Å². The molecule has 0 aliphatic carbocycles. The van der Waals surface area contributed by atoms with Crippen LogP contribution in [-0.4, -0.2) is 43.3 Å². The van der Waals surface area contributed by atoms with Crippen LogP contribution in [0, 0.1) is 0 Å². The number of rotatable bonds is 19. The monoisotopic (exact) mass is 562 g/mol. The van der Waals surface area contributed by atoms with Crippen molar-refractivity contribution in [3.8, 4) is 0 Å². The fraction of sp³-hybridized carbons (Fsp3) is 0.486. The van der Waals surface area contributed by atoms with Gasteiger partial charge in [-0.15, -0.1) is 8.58 Å². The molecule has 3 aromatic carbocycles.